The highest BCUT2D eigenvalue weighted by Crippen LogP contribution is 2.26. The Morgan fingerprint density at radius 1 is 1.39 bits per heavy atom. The fraction of sp³-hybridized carbons (Fsp3) is 1.00. The van der Waals surface area contributed by atoms with Gasteiger partial charge in [0, 0.05) is 13.7 Å². The molecule has 0 aliphatic carbocycles. The second-order valence-corrected chi connectivity index (χ2v) is 8.17. The molecule has 1 N–H and O–H groups in total. The molecule has 0 spiro atoms. The van der Waals surface area contributed by atoms with E-state index in [1.165, 1.54) is 4.31 Å². The zero-order valence-electron chi connectivity index (χ0n) is 11.7. The van der Waals surface area contributed by atoms with E-state index >= 15 is 0 Å². The number of hydrogen-bond acceptors (Lipinski definition) is 4. The number of rotatable bonds is 5. The molecule has 2 atom stereocenters. The summed E-state index contributed by atoms with van der Waals surface area (Å²) in [6, 6.07) is -0.333. The third-order valence-electron chi connectivity index (χ3n) is 3.34. The smallest absolute Gasteiger partial charge is 0.214 e. The highest BCUT2D eigenvalue weighted by atomic mass is 32.2. The van der Waals surface area contributed by atoms with Crippen molar-refractivity contribution in [3.8, 4) is 0 Å². The quantitative estimate of drug-likeness (QED) is 0.809. The topological polar surface area (TPSA) is 66.8 Å². The first-order valence-electron chi connectivity index (χ1n) is 6.33. The van der Waals surface area contributed by atoms with Gasteiger partial charge in [0.15, 0.2) is 0 Å². The Bertz CT molecular complexity index is 361. The van der Waals surface area contributed by atoms with Crippen molar-refractivity contribution in [1.82, 2.24) is 4.31 Å². The molecule has 0 unspecified atom stereocenters. The van der Waals surface area contributed by atoms with E-state index in [0.717, 1.165) is 0 Å². The number of ether oxygens (including phenoxy) is 1. The van der Waals surface area contributed by atoms with E-state index in [4.69, 9.17) is 4.74 Å². The molecule has 108 valence electrons. The second-order valence-electron chi connectivity index (χ2n) is 6.13. The lowest BCUT2D eigenvalue weighted by Crippen LogP contribution is -2.40. The Morgan fingerprint density at radius 3 is 2.44 bits per heavy atom. The molecule has 5 nitrogen and oxygen atoms in total. The number of aliphatic hydroxyl groups excluding tert-OH is 1. The van der Waals surface area contributed by atoms with Crippen molar-refractivity contribution in [2.45, 2.75) is 45.8 Å². The first kappa shape index (κ1) is 15.9. The van der Waals surface area contributed by atoms with Crippen LogP contribution >= 0.6 is 0 Å². The lowest BCUT2D eigenvalue weighted by atomic mass is 9.94. The summed E-state index contributed by atoms with van der Waals surface area (Å²) in [5.74, 6) is 0.128. The van der Waals surface area contributed by atoms with Crippen molar-refractivity contribution in [2.24, 2.45) is 5.41 Å². The van der Waals surface area contributed by atoms with Crippen molar-refractivity contribution in [3.63, 3.8) is 0 Å². The molecule has 18 heavy (non-hydrogen) atoms. The number of nitrogens with zero attached hydrogens (tertiary/aromatic N) is 1. The minimum atomic E-state index is -3.30. The van der Waals surface area contributed by atoms with E-state index in [1.807, 2.05) is 20.8 Å². The molecule has 1 heterocycles. The van der Waals surface area contributed by atoms with Crippen LogP contribution in [0.15, 0.2) is 0 Å². The zero-order valence-corrected chi connectivity index (χ0v) is 12.5. The standard InChI is InChI=1S/C12H25NO4S/c1-12(2,3)5-6-18(15,16)13-8-11(17-4)7-10(13)9-14/h10-11,14H,5-9H2,1-4H3/t10-,11-/m0/s1. The summed E-state index contributed by atoms with van der Waals surface area (Å²) in [6.07, 6.45) is 1.08. The average Bonchev–Trinajstić information content (AvgIpc) is 2.69. The van der Waals surface area contributed by atoms with Crippen molar-refractivity contribution < 1.29 is 18.3 Å². The molecule has 0 amide bonds. The van der Waals surface area contributed by atoms with Crippen LogP contribution in [-0.2, 0) is 14.8 Å². The molecular weight excluding hydrogens is 254 g/mol. The van der Waals surface area contributed by atoms with E-state index in [2.05, 4.69) is 0 Å². The molecule has 1 saturated heterocycles. The van der Waals surface area contributed by atoms with Gasteiger partial charge in [-0.25, -0.2) is 8.42 Å². The molecule has 1 aliphatic heterocycles. The molecule has 0 radical (unpaired) electrons. The van der Waals surface area contributed by atoms with E-state index in [0.29, 0.717) is 19.4 Å². The molecule has 1 aliphatic rings. The predicted molar refractivity (Wildman–Crippen MR) is 70.9 cm³/mol. The molecule has 0 bridgehead atoms. The van der Waals surface area contributed by atoms with E-state index < -0.39 is 10.0 Å². The van der Waals surface area contributed by atoms with Gasteiger partial charge in [0.05, 0.1) is 24.5 Å². The zero-order chi connectivity index (χ0) is 14.0. The fourth-order valence-corrected chi connectivity index (χ4v) is 4.18. The summed E-state index contributed by atoms with van der Waals surface area (Å²) in [5.41, 5.74) is -0.0117. The van der Waals surface area contributed by atoms with Gasteiger partial charge in [0.1, 0.15) is 0 Å². The minimum Gasteiger partial charge on any atom is -0.395 e. The van der Waals surface area contributed by atoms with Crippen molar-refractivity contribution in [2.75, 3.05) is 26.0 Å². The number of sulfonamides is 1. The van der Waals surface area contributed by atoms with Crippen molar-refractivity contribution >= 4 is 10.0 Å². The molecule has 1 rings (SSSR count). The van der Waals surface area contributed by atoms with E-state index in [-0.39, 0.29) is 29.9 Å². The summed E-state index contributed by atoms with van der Waals surface area (Å²) in [6.45, 7) is 6.28. The highest BCUT2D eigenvalue weighted by Gasteiger charge is 2.39. The van der Waals surface area contributed by atoms with Crippen LogP contribution in [0.2, 0.25) is 0 Å². The summed E-state index contributed by atoms with van der Waals surface area (Å²) in [4.78, 5) is 0. The molecule has 0 aromatic rings. The van der Waals surface area contributed by atoms with Gasteiger partial charge in [-0.1, -0.05) is 20.8 Å². The van der Waals surface area contributed by atoms with Gasteiger partial charge in [0.2, 0.25) is 10.0 Å². The van der Waals surface area contributed by atoms with Gasteiger partial charge in [-0.3, -0.25) is 0 Å². The average molecular weight is 279 g/mol. The summed E-state index contributed by atoms with van der Waals surface area (Å²) >= 11 is 0. The van der Waals surface area contributed by atoms with Crippen LogP contribution in [0.5, 0.6) is 0 Å². The van der Waals surface area contributed by atoms with Gasteiger partial charge in [-0.05, 0) is 18.3 Å². The van der Waals surface area contributed by atoms with Crippen LogP contribution in [0.1, 0.15) is 33.6 Å². The number of aliphatic hydroxyl groups is 1. The van der Waals surface area contributed by atoms with Crippen molar-refractivity contribution in [1.29, 1.82) is 0 Å². The maximum absolute atomic E-state index is 12.3. The highest BCUT2D eigenvalue weighted by molar-refractivity contribution is 7.89. The molecule has 0 saturated carbocycles. The third kappa shape index (κ3) is 4.19. The molecule has 1 fully saturated rings. The lowest BCUT2D eigenvalue weighted by Gasteiger charge is -2.24. The molecule has 0 aromatic heterocycles. The van der Waals surface area contributed by atoms with Crippen LogP contribution < -0.4 is 0 Å². The minimum absolute atomic E-state index is 0.0117. The van der Waals surface area contributed by atoms with Gasteiger partial charge >= 0.3 is 0 Å². The second kappa shape index (κ2) is 5.86. The van der Waals surface area contributed by atoms with E-state index in [1.54, 1.807) is 7.11 Å². The summed E-state index contributed by atoms with van der Waals surface area (Å²) in [5, 5.41) is 9.28. The van der Waals surface area contributed by atoms with Crippen LogP contribution in [0.3, 0.4) is 0 Å². The van der Waals surface area contributed by atoms with Crippen LogP contribution in [0.25, 0.3) is 0 Å². The SMILES string of the molecule is CO[C@H]1C[C@@H](CO)N(S(=O)(=O)CCC(C)(C)C)C1. The summed E-state index contributed by atoms with van der Waals surface area (Å²) < 4.78 is 31.1. The monoisotopic (exact) mass is 279 g/mol. The Balaban J connectivity index is 2.72. The summed E-state index contributed by atoms with van der Waals surface area (Å²) in [7, 11) is -1.73. The molecule has 0 aromatic carbocycles. The van der Waals surface area contributed by atoms with Gasteiger partial charge < -0.3 is 9.84 Å². The Labute approximate surface area is 110 Å². The fourth-order valence-electron chi connectivity index (χ4n) is 2.07. The van der Waals surface area contributed by atoms with Crippen molar-refractivity contribution in [3.05, 3.63) is 0 Å². The number of hydrogen-bond donors (Lipinski definition) is 1. The normalized spacial score (nSPS) is 26.7. The van der Waals surface area contributed by atoms with Crippen LogP contribution in [0, 0.1) is 5.41 Å². The molecular formula is C12H25NO4S. The molecule has 6 heteroatoms. The Hall–Kier alpha value is -0.170. The largest absolute Gasteiger partial charge is 0.395 e. The van der Waals surface area contributed by atoms with Gasteiger partial charge in [-0.2, -0.15) is 4.31 Å². The first-order valence-corrected chi connectivity index (χ1v) is 7.93. The van der Waals surface area contributed by atoms with Crippen LogP contribution in [-0.4, -0.2) is 56.0 Å². The van der Waals surface area contributed by atoms with E-state index in [9.17, 15) is 13.5 Å². The lowest BCUT2D eigenvalue weighted by molar-refractivity contribution is 0.113. The first-order chi connectivity index (χ1) is 8.19. The van der Waals surface area contributed by atoms with Gasteiger partial charge in [0.25, 0.3) is 0 Å². The van der Waals surface area contributed by atoms with Gasteiger partial charge in [-0.15, -0.1) is 0 Å². The maximum Gasteiger partial charge on any atom is 0.214 e. The predicted octanol–water partition coefficient (Wildman–Crippen LogP) is 0.834. The third-order valence-corrected chi connectivity index (χ3v) is 5.22. The van der Waals surface area contributed by atoms with Crippen LogP contribution in [0.4, 0.5) is 0 Å². The number of methoxy groups -OCH3 is 1. The Kier molecular flexibility index (Phi) is 5.17. The maximum atomic E-state index is 12.3. The Morgan fingerprint density at radius 2 is 2.00 bits per heavy atom.